The third-order valence-electron chi connectivity index (χ3n) is 1.55. The molecular weight excluding hydrogens is 184 g/mol. The zero-order valence-electron chi connectivity index (χ0n) is 8.62. The fraction of sp³-hybridized carbons (Fsp3) is 0.500. The molecule has 0 saturated heterocycles. The van der Waals surface area contributed by atoms with E-state index in [1.165, 1.54) is 6.26 Å². The zero-order valence-corrected chi connectivity index (χ0v) is 8.62. The van der Waals surface area contributed by atoms with Gasteiger partial charge in [0.15, 0.2) is 12.4 Å². The summed E-state index contributed by atoms with van der Waals surface area (Å²) in [5.41, 5.74) is 0.365. The van der Waals surface area contributed by atoms with E-state index in [1.807, 2.05) is 0 Å². The first-order valence-electron chi connectivity index (χ1n) is 4.29. The van der Waals surface area contributed by atoms with Gasteiger partial charge in [0, 0.05) is 19.4 Å². The van der Waals surface area contributed by atoms with Gasteiger partial charge in [-0.2, -0.15) is 0 Å². The molecule has 1 rings (SSSR count). The van der Waals surface area contributed by atoms with Crippen LogP contribution in [0.4, 0.5) is 0 Å². The number of hydrogen-bond donors (Lipinski definition) is 0. The standard InChI is InChI=1S/C10H14O4/c1-7(2)9(11)12-5-8-6-13-10(3,4)14-8/h6H,1,5H2,2-4H3. The average Bonchev–Trinajstić information content (AvgIpc) is 2.41. The number of carbonyl (C=O) groups excluding carboxylic acids is 1. The maximum atomic E-state index is 11.0. The quantitative estimate of drug-likeness (QED) is 0.511. The van der Waals surface area contributed by atoms with Crippen LogP contribution < -0.4 is 0 Å². The molecule has 0 amide bonds. The summed E-state index contributed by atoms with van der Waals surface area (Å²) in [5, 5.41) is 0. The molecule has 0 unspecified atom stereocenters. The van der Waals surface area contributed by atoms with Crippen molar-refractivity contribution < 1.29 is 19.0 Å². The molecule has 14 heavy (non-hydrogen) atoms. The highest BCUT2D eigenvalue weighted by atomic mass is 16.7. The Morgan fingerprint density at radius 3 is 2.71 bits per heavy atom. The molecule has 0 fully saturated rings. The minimum atomic E-state index is -0.662. The van der Waals surface area contributed by atoms with Crippen molar-refractivity contribution in [1.29, 1.82) is 0 Å². The van der Waals surface area contributed by atoms with Crippen LogP contribution in [-0.2, 0) is 19.0 Å². The van der Waals surface area contributed by atoms with E-state index in [0.717, 1.165) is 0 Å². The molecule has 1 aliphatic rings. The van der Waals surface area contributed by atoms with Crippen LogP contribution in [0.15, 0.2) is 24.2 Å². The van der Waals surface area contributed by atoms with Crippen LogP contribution in [0.5, 0.6) is 0 Å². The molecule has 0 N–H and O–H groups in total. The van der Waals surface area contributed by atoms with E-state index < -0.39 is 11.8 Å². The van der Waals surface area contributed by atoms with Gasteiger partial charge in [-0.3, -0.25) is 0 Å². The van der Waals surface area contributed by atoms with Crippen LogP contribution >= 0.6 is 0 Å². The Bertz CT molecular complexity index is 288. The summed E-state index contributed by atoms with van der Waals surface area (Å²) in [4.78, 5) is 11.0. The lowest BCUT2D eigenvalue weighted by Crippen LogP contribution is -2.21. The summed E-state index contributed by atoms with van der Waals surface area (Å²) >= 11 is 0. The van der Waals surface area contributed by atoms with Gasteiger partial charge >= 0.3 is 5.97 Å². The third kappa shape index (κ3) is 2.80. The van der Waals surface area contributed by atoms with Gasteiger partial charge in [0.2, 0.25) is 5.79 Å². The SMILES string of the molecule is C=C(C)C(=O)OCC1=COC(C)(C)O1. The molecule has 78 valence electrons. The van der Waals surface area contributed by atoms with Gasteiger partial charge in [0.1, 0.15) is 6.26 Å². The van der Waals surface area contributed by atoms with Crippen LogP contribution in [0, 0.1) is 0 Å². The molecule has 0 bridgehead atoms. The Kier molecular flexibility index (Phi) is 2.84. The lowest BCUT2D eigenvalue weighted by molar-refractivity contribution is -0.143. The van der Waals surface area contributed by atoms with E-state index in [1.54, 1.807) is 20.8 Å². The number of esters is 1. The fourth-order valence-electron chi connectivity index (χ4n) is 0.895. The molecular formula is C10H14O4. The number of carbonyl (C=O) groups is 1. The van der Waals surface area contributed by atoms with Crippen LogP contribution in [0.2, 0.25) is 0 Å². The van der Waals surface area contributed by atoms with Crippen LogP contribution in [-0.4, -0.2) is 18.4 Å². The van der Waals surface area contributed by atoms with Gasteiger partial charge in [0.25, 0.3) is 0 Å². The molecule has 4 nitrogen and oxygen atoms in total. The Morgan fingerprint density at radius 2 is 2.29 bits per heavy atom. The van der Waals surface area contributed by atoms with Gasteiger partial charge in [-0.1, -0.05) is 6.58 Å². The Hall–Kier alpha value is -1.45. The molecule has 0 spiro atoms. The first-order chi connectivity index (χ1) is 6.41. The summed E-state index contributed by atoms with van der Waals surface area (Å²) in [6, 6.07) is 0. The van der Waals surface area contributed by atoms with E-state index in [-0.39, 0.29) is 6.61 Å². The molecule has 1 aliphatic heterocycles. The number of ether oxygens (including phenoxy) is 3. The van der Waals surface area contributed by atoms with Gasteiger partial charge in [-0.25, -0.2) is 4.79 Å². The molecule has 1 heterocycles. The van der Waals surface area contributed by atoms with Crippen molar-refractivity contribution in [3.05, 3.63) is 24.2 Å². The second-order valence-corrected chi connectivity index (χ2v) is 3.56. The summed E-state index contributed by atoms with van der Waals surface area (Å²) in [6.45, 7) is 8.68. The second kappa shape index (κ2) is 3.74. The van der Waals surface area contributed by atoms with Crippen molar-refractivity contribution in [1.82, 2.24) is 0 Å². The zero-order chi connectivity index (χ0) is 10.8. The normalized spacial score (nSPS) is 17.8. The number of hydrogen-bond acceptors (Lipinski definition) is 4. The van der Waals surface area contributed by atoms with Crippen LogP contribution in [0.1, 0.15) is 20.8 Å². The van der Waals surface area contributed by atoms with Crippen molar-refractivity contribution in [3.63, 3.8) is 0 Å². The maximum absolute atomic E-state index is 11.0. The van der Waals surface area contributed by atoms with Gasteiger partial charge in [0.05, 0.1) is 0 Å². The largest absolute Gasteiger partial charge is 0.457 e. The van der Waals surface area contributed by atoms with Gasteiger partial charge in [-0.15, -0.1) is 0 Å². The predicted molar refractivity (Wildman–Crippen MR) is 50.1 cm³/mol. The fourth-order valence-corrected chi connectivity index (χ4v) is 0.895. The van der Waals surface area contributed by atoms with Gasteiger partial charge < -0.3 is 14.2 Å². The first-order valence-corrected chi connectivity index (χ1v) is 4.29. The highest BCUT2D eigenvalue weighted by molar-refractivity contribution is 5.86. The third-order valence-corrected chi connectivity index (χ3v) is 1.55. The van der Waals surface area contributed by atoms with Crippen molar-refractivity contribution in [2.45, 2.75) is 26.6 Å². The molecule has 0 atom stereocenters. The lowest BCUT2D eigenvalue weighted by atomic mass is 10.4. The van der Waals surface area contributed by atoms with E-state index in [9.17, 15) is 4.79 Å². The molecule has 0 aromatic carbocycles. The lowest BCUT2D eigenvalue weighted by Gasteiger charge is -2.18. The van der Waals surface area contributed by atoms with Crippen molar-refractivity contribution in [2.24, 2.45) is 0 Å². The second-order valence-electron chi connectivity index (χ2n) is 3.56. The molecule has 4 heteroatoms. The van der Waals surface area contributed by atoms with E-state index >= 15 is 0 Å². The maximum Gasteiger partial charge on any atom is 0.333 e. The monoisotopic (exact) mass is 198 g/mol. The summed E-state index contributed by atoms with van der Waals surface area (Å²) in [7, 11) is 0. The van der Waals surface area contributed by atoms with Crippen molar-refractivity contribution >= 4 is 5.97 Å². The Balaban J connectivity index is 2.34. The van der Waals surface area contributed by atoms with E-state index in [0.29, 0.717) is 11.3 Å². The molecule has 0 aliphatic carbocycles. The number of rotatable bonds is 3. The van der Waals surface area contributed by atoms with Crippen LogP contribution in [0.25, 0.3) is 0 Å². The topological polar surface area (TPSA) is 44.8 Å². The molecule has 0 aromatic rings. The average molecular weight is 198 g/mol. The van der Waals surface area contributed by atoms with Crippen LogP contribution in [0.3, 0.4) is 0 Å². The highest BCUT2D eigenvalue weighted by Crippen LogP contribution is 2.24. The van der Waals surface area contributed by atoms with Crippen molar-refractivity contribution in [3.8, 4) is 0 Å². The molecule has 0 aromatic heterocycles. The smallest absolute Gasteiger partial charge is 0.333 e. The minimum Gasteiger partial charge on any atom is -0.457 e. The molecule has 0 saturated carbocycles. The van der Waals surface area contributed by atoms with Crippen molar-refractivity contribution in [2.75, 3.05) is 6.61 Å². The predicted octanol–water partition coefficient (Wildman–Crippen LogP) is 1.73. The minimum absolute atomic E-state index is 0.0785. The first kappa shape index (κ1) is 10.6. The summed E-state index contributed by atoms with van der Waals surface area (Å²) in [6.07, 6.45) is 1.45. The summed E-state index contributed by atoms with van der Waals surface area (Å²) < 4.78 is 15.3. The molecule has 0 radical (unpaired) electrons. The van der Waals surface area contributed by atoms with E-state index in [4.69, 9.17) is 14.2 Å². The van der Waals surface area contributed by atoms with Gasteiger partial charge in [-0.05, 0) is 6.92 Å². The highest BCUT2D eigenvalue weighted by Gasteiger charge is 2.27. The summed E-state index contributed by atoms with van der Waals surface area (Å²) in [5.74, 6) is -0.589. The van der Waals surface area contributed by atoms with E-state index in [2.05, 4.69) is 6.58 Å². The Morgan fingerprint density at radius 1 is 1.64 bits per heavy atom. The Labute approximate surface area is 83.1 Å².